The number of rotatable bonds is 6. The van der Waals surface area contributed by atoms with Gasteiger partial charge in [0.2, 0.25) is 10.0 Å². The van der Waals surface area contributed by atoms with Gasteiger partial charge in [0.1, 0.15) is 0 Å². The number of sulfonamides is 1. The molecule has 1 rings (SSSR count). The summed E-state index contributed by atoms with van der Waals surface area (Å²) in [5, 5.41) is 11.4. The molecule has 116 valence electrons. The van der Waals surface area contributed by atoms with E-state index in [0.29, 0.717) is 11.3 Å². The molecule has 0 aliphatic carbocycles. The van der Waals surface area contributed by atoms with E-state index in [9.17, 15) is 18.0 Å². The number of benzene rings is 1. The Balaban J connectivity index is 2.78. The summed E-state index contributed by atoms with van der Waals surface area (Å²) in [6, 6.07) is 5.83. The molecule has 1 aromatic carbocycles. The highest BCUT2D eigenvalue weighted by atomic mass is 32.2. The molecule has 1 amide bonds. The van der Waals surface area contributed by atoms with Crippen molar-refractivity contribution in [3.63, 3.8) is 0 Å². The fourth-order valence-electron chi connectivity index (χ4n) is 1.71. The van der Waals surface area contributed by atoms with Crippen LogP contribution in [0, 0.1) is 0 Å². The van der Waals surface area contributed by atoms with Crippen LogP contribution in [0.2, 0.25) is 0 Å². The SMILES string of the molecule is CC(C)(CC(=O)O)NC(=O)c1ccc(NS(C)(=O)=O)cc1. The first-order valence-corrected chi connectivity index (χ1v) is 8.00. The normalized spacial score (nSPS) is 11.8. The van der Waals surface area contributed by atoms with Crippen molar-refractivity contribution in [2.24, 2.45) is 0 Å². The Kier molecular flexibility index (Phi) is 4.95. The highest BCUT2D eigenvalue weighted by molar-refractivity contribution is 7.92. The Hall–Kier alpha value is -2.09. The maximum absolute atomic E-state index is 12.0. The summed E-state index contributed by atoms with van der Waals surface area (Å²) < 4.78 is 24.4. The zero-order valence-electron chi connectivity index (χ0n) is 12.0. The van der Waals surface area contributed by atoms with Crippen molar-refractivity contribution in [3.05, 3.63) is 29.8 Å². The van der Waals surface area contributed by atoms with Gasteiger partial charge in [-0.3, -0.25) is 14.3 Å². The van der Waals surface area contributed by atoms with E-state index in [2.05, 4.69) is 10.0 Å². The molecule has 0 aliphatic rings. The van der Waals surface area contributed by atoms with Gasteiger partial charge in [0.05, 0.1) is 12.7 Å². The molecule has 0 saturated heterocycles. The van der Waals surface area contributed by atoms with Crippen molar-refractivity contribution in [2.45, 2.75) is 25.8 Å². The Morgan fingerprint density at radius 1 is 1.19 bits per heavy atom. The van der Waals surface area contributed by atoms with Gasteiger partial charge in [-0.1, -0.05) is 0 Å². The van der Waals surface area contributed by atoms with Gasteiger partial charge in [0, 0.05) is 16.8 Å². The molecule has 8 heteroatoms. The first-order chi connectivity index (χ1) is 9.48. The summed E-state index contributed by atoms with van der Waals surface area (Å²) in [5.41, 5.74) is -0.224. The molecular formula is C13H18N2O5S. The molecule has 0 spiro atoms. The molecule has 3 N–H and O–H groups in total. The number of amides is 1. The molecule has 0 bridgehead atoms. The predicted octanol–water partition coefficient (Wildman–Crippen LogP) is 1.04. The van der Waals surface area contributed by atoms with Crippen LogP contribution in [0.25, 0.3) is 0 Å². The number of hydrogen-bond acceptors (Lipinski definition) is 4. The Morgan fingerprint density at radius 2 is 1.71 bits per heavy atom. The number of nitrogens with one attached hydrogen (secondary N) is 2. The molecular weight excluding hydrogens is 296 g/mol. The first-order valence-electron chi connectivity index (χ1n) is 6.11. The Morgan fingerprint density at radius 3 is 2.14 bits per heavy atom. The third-order valence-electron chi connectivity index (χ3n) is 2.50. The summed E-state index contributed by atoms with van der Waals surface area (Å²) in [4.78, 5) is 22.7. The van der Waals surface area contributed by atoms with Crippen molar-refractivity contribution >= 4 is 27.6 Å². The molecule has 0 heterocycles. The van der Waals surface area contributed by atoms with Crippen LogP contribution in [0.15, 0.2) is 24.3 Å². The van der Waals surface area contributed by atoms with Crippen molar-refractivity contribution in [3.8, 4) is 0 Å². The maximum Gasteiger partial charge on any atom is 0.305 e. The van der Waals surface area contributed by atoms with Gasteiger partial charge in [-0.2, -0.15) is 0 Å². The summed E-state index contributed by atoms with van der Waals surface area (Å²) in [7, 11) is -3.37. The van der Waals surface area contributed by atoms with E-state index in [-0.39, 0.29) is 6.42 Å². The quantitative estimate of drug-likeness (QED) is 0.726. The van der Waals surface area contributed by atoms with Crippen molar-refractivity contribution in [1.29, 1.82) is 0 Å². The summed E-state index contributed by atoms with van der Waals surface area (Å²) in [6.07, 6.45) is 0.828. The standard InChI is InChI=1S/C13H18N2O5S/c1-13(2,8-11(16)17)14-12(18)9-4-6-10(7-5-9)15-21(3,19)20/h4-7,15H,8H2,1-3H3,(H,14,18)(H,16,17). The van der Waals surface area contributed by atoms with Gasteiger partial charge >= 0.3 is 5.97 Å². The van der Waals surface area contributed by atoms with Crippen LogP contribution < -0.4 is 10.0 Å². The van der Waals surface area contributed by atoms with Crippen LogP contribution in [-0.4, -0.2) is 37.2 Å². The van der Waals surface area contributed by atoms with Gasteiger partial charge in [0.25, 0.3) is 5.91 Å². The second-order valence-electron chi connectivity index (χ2n) is 5.36. The van der Waals surface area contributed by atoms with Crippen molar-refractivity contribution < 1.29 is 23.1 Å². The Bertz CT molecular complexity index is 635. The predicted molar refractivity (Wildman–Crippen MR) is 78.7 cm³/mol. The van der Waals surface area contributed by atoms with Gasteiger partial charge in [-0.05, 0) is 38.1 Å². The van der Waals surface area contributed by atoms with Crippen LogP contribution in [0.5, 0.6) is 0 Å². The van der Waals surface area contributed by atoms with Gasteiger partial charge < -0.3 is 10.4 Å². The molecule has 0 unspecified atom stereocenters. The fourth-order valence-corrected chi connectivity index (χ4v) is 2.27. The van der Waals surface area contributed by atoms with E-state index in [0.717, 1.165) is 6.26 Å². The fraction of sp³-hybridized carbons (Fsp3) is 0.385. The lowest BCUT2D eigenvalue weighted by molar-refractivity contribution is -0.138. The number of carboxylic acids is 1. The number of anilines is 1. The van der Waals surface area contributed by atoms with Gasteiger partial charge in [-0.25, -0.2) is 8.42 Å². The first kappa shape index (κ1) is 17.0. The van der Waals surface area contributed by atoms with Crippen molar-refractivity contribution in [1.82, 2.24) is 5.32 Å². The van der Waals surface area contributed by atoms with Crippen LogP contribution in [0.3, 0.4) is 0 Å². The lowest BCUT2D eigenvalue weighted by Crippen LogP contribution is -2.44. The topological polar surface area (TPSA) is 113 Å². The van der Waals surface area contributed by atoms with Gasteiger partial charge in [0.15, 0.2) is 0 Å². The number of aliphatic carboxylic acids is 1. The number of carbonyl (C=O) groups is 2. The Labute approximate surface area is 123 Å². The summed E-state index contributed by atoms with van der Waals surface area (Å²) >= 11 is 0. The van der Waals surface area contributed by atoms with Crippen LogP contribution in [0.1, 0.15) is 30.6 Å². The van der Waals surface area contributed by atoms with E-state index in [1.54, 1.807) is 13.8 Å². The average molecular weight is 314 g/mol. The zero-order valence-corrected chi connectivity index (χ0v) is 12.8. The van der Waals surface area contributed by atoms with E-state index in [1.807, 2.05) is 0 Å². The summed E-state index contributed by atoms with van der Waals surface area (Å²) in [5.74, 6) is -1.43. The van der Waals surface area contributed by atoms with E-state index in [4.69, 9.17) is 5.11 Å². The van der Waals surface area contributed by atoms with Crippen LogP contribution in [-0.2, 0) is 14.8 Å². The zero-order chi connectivity index (χ0) is 16.3. The monoisotopic (exact) mass is 314 g/mol. The highest BCUT2D eigenvalue weighted by Gasteiger charge is 2.24. The molecule has 0 radical (unpaired) electrons. The number of carboxylic acid groups (broad SMARTS) is 1. The molecule has 0 fully saturated rings. The molecule has 1 aromatic rings. The van der Waals surface area contributed by atoms with Crippen LogP contribution in [0.4, 0.5) is 5.69 Å². The second kappa shape index (κ2) is 6.13. The van der Waals surface area contributed by atoms with E-state index >= 15 is 0 Å². The van der Waals surface area contributed by atoms with E-state index < -0.39 is 27.4 Å². The number of hydrogen-bond donors (Lipinski definition) is 3. The molecule has 0 saturated carbocycles. The molecule has 0 aliphatic heterocycles. The summed E-state index contributed by atoms with van der Waals surface area (Å²) in [6.45, 7) is 3.22. The average Bonchev–Trinajstić information content (AvgIpc) is 2.24. The smallest absolute Gasteiger partial charge is 0.305 e. The second-order valence-corrected chi connectivity index (χ2v) is 7.11. The van der Waals surface area contributed by atoms with E-state index in [1.165, 1.54) is 24.3 Å². The van der Waals surface area contributed by atoms with Gasteiger partial charge in [-0.15, -0.1) is 0 Å². The molecule has 0 aromatic heterocycles. The lowest BCUT2D eigenvalue weighted by Gasteiger charge is -2.24. The highest BCUT2D eigenvalue weighted by Crippen LogP contribution is 2.13. The maximum atomic E-state index is 12.0. The number of carbonyl (C=O) groups excluding carboxylic acids is 1. The largest absolute Gasteiger partial charge is 0.481 e. The van der Waals surface area contributed by atoms with Crippen LogP contribution >= 0.6 is 0 Å². The lowest BCUT2D eigenvalue weighted by atomic mass is 10.00. The third kappa shape index (κ3) is 6.26. The minimum Gasteiger partial charge on any atom is -0.481 e. The minimum atomic E-state index is -3.37. The molecule has 7 nitrogen and oxygen atoms in total. The van der Waals surface area contributed by atoms with Crippen molar-refractivity contribution in [2.75, 3.05) is 11.0 Å². The minimum absolute atomic E-state index is 0.202. The molecule has 21 heavy (non-hydrogen) atoms. The molecule has 0 atom stereocenters. The third-order valence-corrected chi connectivity index (χ3v) is 3.10.